The maximum Gasteiger partial charge on any atom is 0.191 e. The lowest BCUT2D eigenvalue weighted by molar-refractivity contribution is -0.203. The van der Waals surface area contributed by atoms with Crippen LogP contribution in [-0.2, 0) is 43.5 Å². The number of halogens is 1. The fourth-order valence-corrected chi connectivity index (χ4v) is 4.50. The predicted molar refractivity (Wildman–Crippen MR) is 148 cm³/mol. The van der Waals surface area contributed by atoms with E-state index < -0.39 is 24.6 Å². The first kappa shape index (κ1) is 27.5. The zero-order chi connectivity index (χ0) is 25.7. The summed E-state index contributed by atoms with van der Waals surface area (Å²) in [6.07, 6.45) is 1.75. The van der Waals surface area contributed by atoms with Gasteiger partial charge >= 0.3 is 0 Å². The van der Waals surface area contributed by atoms with Crippen molar-refractivity contribution in [2.45, 2.75) is 44.4 Å². The lowest BCUT2D eigenvalue weighted by Crippen LogP contribution is -2.44. The van der Waals surface area contributed by atoms with E-state index in [2.05, 4.69) is 22.5 Å². The Bertz CT molecular complexity index is 1090. The van der Waals surface area contributed by atoms with Gasteiger partial charge in [0.25, 0.3) is 0 Å². The molecule has 3 aromatic rings. The Labute approximate surface area is 227 Å². The van der Waals surface area contributed by atoms with Crippen molar-refractivity contribution in [1.29, 1.82) is 0 Å². The second-order valence-corrected chi connectivity index (χ2v) is 9.62. The third-order valence-electron chi connectivity index (χ3n) is 5.87. The van der Waals surface area contributed by atoms with Crippen molar-refractivity contribution < 1.29 is 23.7 Å². The molecule has 4 rings (SSSR count). The van der Waals surface area contributed by atoms with E-state index in [9.17, 15) is 0 Å². The molecular weight excluding hydrogens is 532 g/mol. The van der Waals surface area contributed by atoms with Gasteiger partial charge in [0, 0.05) is 4.48 Å². The summed E-state index contributed by atoms with van der Waals surface area (Å²) >= 11 is 3.66. The molecule has 4 atom stereocenters. The molecule has 0 radical (unpaired) electrons. The molecule has 0 bridgehead atoms. The molecule has 1 aliphatic heterocycles. The van der Waals surface area contributed by atoms with Crippen LogP contribution in [0.4, 0.5) is 0 Å². The normalized spacial score (nSPS) is 21.7. The minimum Gasteiger partial charge on any atom is -0.374 e. The lowest BCUT2D eigenvalue weighted by atomic mass is 10.1. The Balaban J connectivity index is 1.55. The Morgan fingerprint density at radius 2 is 1.27 bits per heavy atom. The van der Waals surface area contributed by atoms with E-state index in [4.69, 9.17) is 23.7 Å². The van der Waals surface area contributed by atoms with Crippen molar-refractivity contribution in [2.24, 2.45) is 0 Å². The van der Waals surface area contributed by atoms with Gasteiger partial charge in [-0.3, -0.25) is 0 Å². The van der Waals surface area contributed by atoms with Gasteiger partial charge in [0.15, 0.2) is 6.29 Å². The van der Waals surface area contributed by atoms with Crippen molar-refractivity contribution in [2.75, 3.05) is 13.2 Å². The SMILES string of the molecule is C=CCOC1O[C@H](COCc2ccccc2)[C@@H](OCc2ccccc2)[C@H](OCc2ccccc2)C=C1Br. The quantitative estimate of drug-likeness (QED) is 0.219. The highest BCUT2D eigenvalue weighted by Crippen LogP contribution is 2.29. The van der Waals surface area contributed by atoms with Crippen molar-refractivity contribution >= 4 is 15.9 Å². The molecule has 0 saturated heterocycles. The molecule has 37 heavy (non-hydrogen) atoms. The zero-order valence-corrected chi connectivity index (χ0v) is 22.4. The first-order valence-corrected chi connectivity index (χ1v) is 13.2. The largest absolute Gasteiger partial charge is 0.374 e. The van der Waals surface area contributed by atoms with Crippen LogP contribution in [0.2, 0.25) is 0 Å². The van der Waals surface area contributed by atoms with Crippen LogP contribution >= 0.6 is 15.9 Å². The summed E-state index contributed by atoms with van der Waals surface area (Å²) in [6.45, 7) is 5.73. The summed E-state index contributed by atoms with van der Waals surface area (Å²) in [5.74, 6) is 0. The topological polar surface area (TPSA) is 46.2 Å². The van der Waals surface area contributed by atoms with Gasteiger partial charge in [-0.25, -0.2) is 0 Å². The van der Waals surface area contributed by atoms with Crippen molar-refractivity contribution in [1.82, 2.24) is 0 Å². The van der Waals surface area contributed by atoms with Crippen LogP contribution in [0.3, 0.4) is 0 Å². The van der Waals surface area contributed by atoms with Crippen LogP contribution in [0.25, 0.3) is 0 Å². The van der Waals surface area contributed by atoms with Gasteiger partial charge in [0.2, 0.25) is 0 Å². The minimum atomic E-state index is -0.628. The fraction of sp³-hybridized carbons (Fsp3) is 0.290. The Morgan fingerprint density at radius 1 is 0.730 bits per heavy atom. The highest BCUT2D eigenvalue weighted by atomic mass is 79.9. The molecule has 3 aromatic carbocycles. The molecule has 0 aliphatic carbocycles. The second kappa shape index (κ2) is 15.0. The van der Waals surface area contributed by atoms with Gasteiger partial charge in [-0.05, 0) is 22.8 Å². The third kappa shape index (κ3) is 8.75. The van der Waals surface area contributed by atoms with Crippen LogP contribution in [-0.4, -0.2) is 37.8 Å². The Hall–Kier alpha value is -2.58. The van der Waals surface area contributed by atoms with Crippen LogP contribution in [0.1, 0.15) is 16.7 Å². The Morgan fingerprint density at radius 3 is 1.84 bits per heavy atom. The minimum absolute atomic E-state index is 0.307. The number of ether oxygens (including phenoxy) is 5. The van der Waals surface area contributed by atoms with Crippen molar-refractivity contribution in [3.8, 4) is 0 Å². The first-order chi connectivity index (χ1) is 18.2. The molecule has 0 aromatic heterocycles. The molecule has 1 heterocycles. The first-order valence-electron chi connectivity index (χ1n) is 12.4. The average molecular weight is 566 g/mol. The summed E-state index contributed by atoms with van der Waals surface area (Å²) in [5.41, 5.74) is 3.24. The van der Waals surface area contributed by atoms with Crippen molar-refractivity contribution in [3.63, 3.8) is 0 Å². The van der Waals surface area contributed by atoms with Crippen LogP contribution in [0.5, 0.6) is 0 Å². The van der Waals surface area contributed by atoms with Crippen LogP contribution in [0.15, 0.2) is 114 Å². The summed E-state index contributed by atoms with van der Waals surface area (Å²) in [7, 11) is 0. The van der Waals surface area contributed by atoms with Crippen LogP contribution in [0, 0.1) is 0 Å². The maximum absolute atomic E-state index is 6.50. The standard InChI is InChI=1S/C31H33BrO5/c1-2-18-34-31-27(32)19-28(35-21-25-14-8-4-9-15-25)30(36-22-26-16-10-5-11-17-26)29(37-31)23-33-20-24-12-6-3-7-13-24/h2-17,19,28-31H,1,18,20-23H2/t28-,29-,30+,31?/m1/s1. The summed E-state index contributed by atoms with van der Waals surface area (Å²) in [5, 5.41) is 0. The molecule has 0 saturated carbocycles. The van der Waals surface area contributed by atoms with Crippen molar-refractivity contribution in [3.05, 3.63) is 131 Å². The molecule has 1 unspecified atom stereocenters. The molecule has 0 amide bonds. The number of hydrogen-bond acceptors (Lipinski definition) is 5. The van der Waals surface area contributed by atoms with Gasteiger partial charge in [-0.1, -0.05) is 113 Å². The zero-order valence-electron chi connectivity index (χ0n) is 20.8. The van der Waals surface area contributed by atoms with E-state index in [1.54, 1.807) is 6.08 Å². The highest BCUT2D eigenvalue weighted by molar-refractivity contribution is 9.11. The maximum atomic E-state index is 6.50. The molecule has 0 N–H and O–H groups in total. The van der Waals surface area contributed by atoms with E-state index in [-0.39, 0.29) is 0 Å². The molecule has 5 nitrogen and oxygen atoms in total. The Kier molecular flexibility index (Phi) is 11.1. The fourth-order valence-electron chi connectivity index (χ4n) is 4.00. The van der Waals surface area contributed by atoms with E-state index in [1.165, 1.54) is 0 Å². The monoisotopic (exact) mass is 564 g/mol. The van der Waals surface area contributed by atoms with Gasteiger partial charge < -0.3 is 23.7 Å². The summed E-state index contributed by atoms with van der Waals surface area (Å²) in [4.78, 5) is 0. The van der Waals surface area contributed by atoms with Gasteiger partial charge in [0.1, 0.15) is 18.3 Å². The van der Waals surface area contributed by atoms with Gasteiger partial charge in [-0.2, -0.15) is 0 Å². The molecule has 194 valence electrons. The van der Waals surface area contributed by atoms with E-state index in [0.717, 1.165) is 21.2 Å². The lowest BCUT2D eigenvalue weighted by Gasteiger charge is -2.31. The predicted octanol–water partition coefficient (Wildman–Crippen LogP) is 6.58. The second-order valence-electron chi connectivity index (χ2n) is 8.70. The van der Waals surface area contributed by atoms with Gasteiger partial charge in [-0.15, -0.1) is 6.58 Å². The highest BCUT2D eigenvalue weighted by Gasteiger charge is 2.38. The van der Waals surface area contributed by atoms with E-state index in [0.29, 0.717) is 33.0 Å². The van der Waals surface area contributed by atoms with E-state index >= 15 is 0 Å². The molecule has 1 aliphatic rings. The number of benzene rings is 3. The average Bonchev–Trinajstić information content (AvgIpc) is 3.07. The molecule has 0 spiro atoms. The van der Waals surface area contributed by atoms with E-state index in [1.807, 2.05) is 97.1 Å². The number of hydrogen-bond donors (Lipinski definition) is 0. The summed E-state index contributed by atoms with van der Waals surface area (Å²) in [6, 6.07) is 30.2. The van der Waals surface area contributed by atoms with Gasteiger partial charge in [0.05, 0.1) is 33.0 Å². The summed E-state index contributed by atoms with van der Waals surface area (Å²) < 4.78 is 32.1. The third-order valence-corrected chi connectivity index (χ3v) is 6.51. The molecule has 0 fully saturated rings. The van der Waals surface area contributed by atoms with Crippen LogP contribution < -0.4 is 0 Å². The molecule has 6 heteroatoms. The smallest absolute Gasteiger partial charge is 0.191 e. The molecular formula is C31H33BrO5. The number of rotatable bonds is 13.